The summed E-state index contributed by atoms with van der Waals surface area (Å²) in [5.74, 6) is 1.23. The molecule has 0 aliphatic heterocycles. The number of anilines is 1. The van der Waals surface area contributed by atoms with Gasteiger partial charge >= 0.3 is 0 Å². The van der Waals surface area contributed by atoms with E-state index in [-0.39, 0.29) is 28.8 Å². The van der Waals surface area contributed by atoms with Crippen molar-refractivity contribution in [3.63, 3.8) is 0 Å². The predicted molar refractivity (Wildman–Crippen MR) is 135 cm³/mol. The monoisotopic (exact) mass is 518 g/mol. The number of sulfonamides is 1. The summed E-state index contributed by atoms with van der Waals surface area (Å²) in [4.78, 5) is 12.8. The quantitative estimate of drug-likeness (QED) is 0.385. The molecule has 0 atom stereocenters. The van der Waals surface area contributed by atoms with Crippen LogP contribution < -0.4 is 23.8 Å². The van der Waals surface area contributed by atoms with E-state index in [1.807, 2.05) is 6.92 Å². The van der Waals surface area contributed by atoms with Crippen molar-refractivity contribution in [2.45, 2.75) is 11.8 Å². The SMILES string of the molecule is COc1ccc(OCCNC(=O)CN(c2ccc(OC)c(Cl)c2)S(=O)(=O)c2ccc(C)cc2)cc1. The first-order valence-corrected chi connectivity index (χ1v) is 12.5. The smallest absolute Gasteiger partial charge is 0.264 e. The minimum atomic E-state index is -4.05. The summed E-state index contributed by atoms with van der Waals surface area (Å²) in [5.41, 5.74) is 1.15. The Labute approximate surface area is 210 Å². The van der Waals surface area contributed by atoms with Crippen molar-refractivity contribution in [1.82, 2.24) is 5.32 Å². The zero-order valence-corrected chi connectivity index (χ0v) is 21.2. The number of hydrogen-bond donors (Lipinski definition) is 1. The largest absolute Gasteiger partial charge is 0.497 e. The molecule has 0 radical (unpaired) electrons. The second-order valence-electron chi connectivity index (χ2n) is 7.52. The van der Waals surface area contributed by atoms with E-state index in [1.165, 1.54) is 31.4 Å². The van der Waals surface area contributed by atoms with Crippen molar-refractivity contribution in [3.8, 4) is 17.2 Å². The van der Waals surface area contributed by atoms with Crippen LogP contribution in [-0.2, 0) is 14.8 Å². The van der Waals surface area contributed by atoms with Crippen molar-refractivity contribution in [1.29, 1.82) is 0 Å². The molecule has 0 spiro atoms. The lowest BCUT2D eigenvalue weighted by Gasteiger charge is -2.24. The van der Waals surface area contributed by atoms with Crippen LogP contribution in [0.3, 0.4) is 0 Å². The third kappa shape index (κ3) is 6.80. The number of nitrogens with zero attached hydrogens (tertiary/aromatic N) is 1. The van der Waals surface area contributed by atoms with Crippen LogP contribution in [0.15, 0.2) is 71.6 Å². The Bertz CT molecular complexity index is 1250. The van der Waals surface area contributed by atoms with E-state index in [2.05, 4.69) is 5.32 Å². The highest BCUT2D eigenvalue weighted by molar-refractivity contribution is 7.92. The summed E-state index contributed by atoms with van der Waals surface area (Å²) in [6.45, 7) is 1.81. The topological polar surface area (TPSA) is 94.2 Å². The number of carbonyl (C=O) groups is 1. The molecule has 8 nitrogen and oxygen atoms in total. The summed E-state index contributed by atoms with van der Waals surface area (Å²) >= 11 is 6.24. The maximum atomic E-state index is 13.4. The number of methoxy groups -OCH3 is 2. The molecule has 0 aliphatic carbocycles. The van der Waals surface area contributed by atoms with Gasteiger partial charge in [0.1, 0.15) is 30.4 Å². The molecule has 10 heteroatoms. The van der Waals surface area contributed by atoms with Crippen molar-refractivity contribution < 1.29 is 27.4 Å². The minimum Gasteiger partial charge on any atom is -0.497 e. The van der Waals surface area contributed by atoms with Gasteiger partial charge < -0.3 is 19.5 Å². The van der Waals surface area contributed by atoms with Crippen molar-refractivity contribution in [2.24, 2.45) is 0 Å². The fourth-order valence-electron chi connectivity index (χ4n) is 3.18. The first-order chi connectivity index (χ1) is 16.7. The van der Waals surface area contributed by atoms with Crippen LogP contribution in [0.25, 0.3) is 0 Å². The van der Waals surface area contributed by atoms with Gasteiger partial charge in [0.2, 0.25) is 5.91 Å². The summed E-state index contributed by atoms with van der Waals surface area (Å²) in [5, 5.41) is 2.92. The zero-order valence-electron chi connectivity index (χ0n) is 19.7. The fourth-order valence-corrected chi connectivity index (χ4v) is 4.85. The number of ether oxygens (including phenoxy) is 3. The Morgan fingerprint density at radius 1 is 0.943 bits per heavy atom. The lowest BCUT2D eigenvalue weighted by Crippen LogP contribution is -2.42. The van der Waals surface area contributed by atoms with E-state index in [9.17, 15) is 13.2 Å². The van der Waals surface area contributed by atoms with E-state index < -0.39 is 22.5 Å². The van der Waals surface area contributed by atoms with Crippen LogP contribution in [0.5, 0.6) is 17.2 Å². The van der Waals surface area contributed by atoms with Crippen molar-refractivity contribution in [3.05, 3.63) is 77.3 Å². The highest BCUT2D eigenvalue weighted by atomic mass is 35.5. The number of carbonyl (C=O) groups excluding carboxylic acids is 1. The van der Waals surface area contributed by atoms with Gasteiger partial charge in [0.15, 0.2) is 0 Å². The molecule has 0 unspecified atom stereocenters. The number of halogens is 1. The maximum Gasteiger partial charge on any atom is 0.264 e. The molecule has 0 saturated heterocycles. The molecule has 3 rings (SSSR count). The van der Waals surface area contributed by atoms with Crippen LogP contribution in [0, 0.1) is 6.92 Å². The Morgan fingerprint density at radius 3 is 2.20 bits per heavy atom. The molecule has 0 aliphatic rings. The molecular formula is C25H27ClN2O6S. The Morgan fingerprint density at radius 2 is 1.60 bits per heavy atom. The van der Waals surface area contributed by atoms with E-state index >= 15 is 0 Å². The lowest BCUT2D eigenvalue weighted by atomic mass is 10.2. The molecular weight excluding hydrogens is 492 g/mol. The Hall–Kier alpha value is -3.43. The highest BCUT2D eigenvalue weighted by Crippen LogP contribution is 2.32. The molecule has 1 N–H and O–H groups in total. The molecule has 186 valence electrons. The third-order valence-corrected chi connectivity index (χ3v) is 7.16. The molecule has 3 aromatic rings. The van der Waals surface area contributed by atoms with E-state index in [4.69, 9.17) is 25.8 Å². The van der Waals surface area contributed by atoms with Crippen LogP contribution in [0.1, 0.15) is 5.56 Å². The van der Waals surface area contributed by atoms with Crippen molar-refractivity contribution in [2.75, 3.05) is 38.2 Å². The van der Waals surface area contributed by atoms with Gasteiger partial charge in [0.05, 0.1) is 36.4 Å². The number of rotatable bonds is 11. The third-order valence-electron chi connectivity index (χ3n) is 5.07. The first kappa shape index (κ1) is 26.2. The number of hydrogen-bond acceptors (Lipinski definition) is 6. The highest BCUT2D eigenvalue weighted by Gasteiger charge is 2.27. The van der Waals surface area contributed by atoms with Crippen LogP contribution in [0.4, 0.5) is 5.69 Å². The molecule has 0 heterocycles. The minimum absolute atomic E-state index is 0.0608. The van der Waals surface area contributed by atoms with Gasteiger partial charge in [0.25, 0.3) is 10.0 Å². The van der Waals surface area contributed by atoms with Gasteiger partial charge in [-0.25, -0.2) is 8.42 Å². The Balaban J connectivity index is 1.72. The van der Waals surface area contributed by atoms with Gasteiger partial charge in [-0.15, -0.1) is 0 Å². The van der Waals surface area contributed by atoms with Crippen molar-refractivity contribution >= 4 is 33.2 Å². The number of amides is 1. The van der Waals surface area contributed by atoms with Gasteiger partial charge in [-0.3, -0.25) is 9.10 Å². The molecule has 0 fully saturated rings. The maximum absolute atomic E-state index is 13.4. The van der Waals surface area contributed by atoms with Crippen LogP contribution >= 0.6 is 11.6 Å². The number of aryl methyl sites for hydroxylation is 1. The zero-order chi connectivity index (χ0) is 25.4. The molecule has 0 saturated carbocycles. The summed E-state index contributed by atoms with van der Waals surface area (Å²) in [7, 11) is -1.01. The molecule has 35 heavy (non-hydrogen) atoms. The van der Waals surface area contributed by atoms with Gasteiger partial charge in [0, 0.05) is 0 Å². The Kier molecular flexibility index (Phi) is 8.84. The van der Waals surface area contributed by atoms with Gasteiger partial charge in [-0.1, -0.05) is 29.3 Å². The molecule has 3 aromatic carbocycles. The van der Waals surface area contributed by atoms with Crippen LogP contribution in [-0.4, -0.2) is 48.2 Å². The summed E-state index contributed by atoms with van der Waals surface area (Å²) in [6.07, 6.45) is 0. The normalized spacial score (nSPS) is 11.0. The van der Waals surface area contributed by atoms with Gasteiger partial charge in [-0.2, -0.15) is 0 Å². The first-order valence-electron chi connectivity index (χ1n) is 10.7. The molecule has 0 bridgehead atoms. The summed E-state index contributed by atoms with van der Waals surface area (Å²) < 4.78 is 43.8. The average Bonchev–Trinajstić information content (AvgIpc) is 2.85. The van der Waals surface area contributed by atoms with Gasteiger partial charge in [-0.05, 0) is 61.5 Å². The second kappa shape index (κ2) is 11.8. The fraction of sp³-hybridized carbons (Fsp3) is 0.240. The molecule has 1 amide bonds. The van der Waals surface area contributed by atoms with Crippen LogP contribution in [0.2, 0.25) is 5.02 Å². The predicted octanol–water partition coefficient (Wildman–Crippen LogP) is 4.06. The standard InChI is InChI=1S/C25H27ClN2O6S/c1-18-4-11-22(12-5-18)35(30,31)28(19-6-13-24(33-3)23(26)16-19)17-25(29)27-14-15-34-21-9-7-20(32-2)8-10-21/h4-13,16H,14-15,17H2,1-3H3,(H,27,29). The van der Waals surface area contributed by atoms with E-state index in [1.54, 1.807) is 49.6 Å². The number of nitrogens with one attached hydrogen (secondary N) is 1. The van der Waals surface area contributed by atoms with E-state index in [0.717, 1.165) is 9.87 Å². The second-order valence-corrected chi connectivity index (χ2v) is 9.79. The average molecular weight is 519 g/mol. The lowest BCUT2D eigenvalue weighted by molar-refractivity contribution is -0.119. The summed E-state index contributed by atoms with van der Waals surface area (Å²) in [6, 6.07) is 18.0. The number of benzene rings is 3. The molecule has 0 aromatic heterocycles. The van der Waals surface area contributed by atoms with E-state index in [0.29, 0.717) is 17.2 Å².